The van der Waals surface area contributed by atoms with E-state index in [9.17, 15) is 4.79 Å². The zero-order chi connectivity index (χ0) is 15.0. The first-order valence-corrected chi connectivity index (χ1v) is 7.43. The van der Waals surface area contributed by atoms with Gasteiger partial charge in [-0.3, -0.25) is 4.79 Å². The van der Waals surface area contributed by atoms with Crippen molar-refractivity contribution in [3.63, 3.8) is 0 Å². The Morgan fingerprint density at radius 1 is 1.52 bits per heavy atom. The van der Waals surface area contributed by atoms with Gasteiger partial charge in [0.2, 0.25) is 5.89 Å². The number of amides is 1. The van der Waals surface area contributed by atoms with Gasteiger partial charge in [0.15, 0.2) is 0 Å². The fraction of sp³-hybridized carbons (Fsp3) is 0.786. The molecule has 3 rings (SSSR count). The minimum absolute atomic E-state index is 0.0708. The maximum absolute atomic E-state index is 12.2. The highest BCUT2D eigenvalue weighted by Crippen LogP contribution is 2.42. The van der Waals surface area contributed by atoms with Crippen molar-refractivity contribution < 1.29 is 14.1 Å². The summed E-state index contributed by atoms with van der Waals surface area (Å²) in [5.74, 6) is 0.325. The van der Waals surface area contributed by atoms with Crippen LogP contribution >= 0.6 is 0 Å². The third kappa shape index (κ3) is 2.55. The zero-order valence-electron chi connectivity index (χ0n) is 12.7. The summed E-state index contributed by atoms with van der Waals surface area (Å²) in [5.41, 5.74) is -0.0794. The molecule has 3 unspecified atom stereocenters. The third-order valence-electron chi connectivity index (χ3n) is 4.77. The van der Waals surface area contributed by atoms with E-state index in [0.29, 0.717) is 5.89 Å². The maximum atomic E-state index is 12.2. The van der Waals surface area contributed by atoms with Gasteiger partial charge in [0.1, 0.15) is 0 Å². The van der Waals surface area contributed by atoms with E-state index >= 15 is 0 Å². The lowest BCUT2D eigenvalue weighted by molar-refractivity contribution is -0.0943. The predicted molar refractivity (Wildman–Crippen MR) is 74.7 cm³/mol. The number of carbonyl (C=O) groups excluding carboxylic acids is 1. The van der Waals surface area contributed by atoms with Crippen LogP contribution in [0, 0.1) is 5.41 Å². The molecule has 0 aromatic carbocycles. The molecule has 116 valence electrons. The summed E-state index contributed by atoms with van der Waals surface area (Å²) >= 11 is 0. The molecule has 0 spiro atoms. The van der Waals surface area contributed by atoms with Gasteiger partial charge in [-0.2, -0.15) is 4.98 Å². The molecule has 0 radical (unpaired) electrons. The van der Waals surface area contributed by atoms with Crippen molar-refractivity contribution in [3.05, 3.63) is 11.7 Å². The Hall–Kier alpha value is -1.47. The normalized spacial score (nSPS) is 30.9. The molecule has 2 fully saturated rings. The minimum atomic E-state index is -0.282. The fourth-order valence-corrected chi connectivity index (χ4v) is 3.12. The van der Waals surface area contributed by atoms with Crippen molar-refractivity contribution >= 4 is 5.91 Å². The summed E-state index contributed by atoms with van der Waals surface area (Å²) in [6.07, 6.45) is 3.04. The van der Waals surface area contributed by atoms with E-state index in [0.717, 1.165) is 25.8 Å². The van der Waals surface area contributed by atoms with E-state index < -0.39 is 0 Å². The van der Waals surface area contributed by atoms with Crippen molar-refractivity contribution in [3.8, 4) is 0 Å². The van der Waals surface area contributed by atoms with Gasteiger partial charge < -0.3 is 19.9 Å². The van der Waals surface area contributed by atoms with Crippen LogP contribution < -0.4 is 10.6 Å². The van der Waals surface area contributed by atoms with Gasteiger partial charge >= 0.3 is 0 Å². The third-order valence-corrected chi connectivity index (χ3v) is 4.77. The van der Waals surface area contributed by atoms with Crippen LogP contribution in [0.15, 0.2) is 4.52 Å². The standard InChI is InChI=1S/C14H22N4O3/c1-14(2)9(7-10(14)20-3)16-12(19)11-17-13(21-18-11)8-5-4-6-15-8/h8-10,15H,4-7H2,1-3H3,(H,16,19). The molecule has 2 aliphatic rings. The van der Waals surface area contributed by atoms with Crippen molar-refractivity contribution in [2.45, 2.75) is 51.3 Å². The van der Waals surface area contributed by atoms with Gasteiger partial charge in [0.25, 0.3) is 11.7 Å². The van der Waals surface area contributed by atoms with Gasteiger partial charge in [-0.15, -0.1) is 0 Å². The molecule has 1 aliphatic heterocycles. The van der Waals surface area contributed by atoms with Crippen LogP contribution in [0.1, 0.15) is 55.7 Å². The smallest absolute Gasteiger partial charge is 0.292 e. The number of nitrogens with zero attached hydrogens (tertiary/aromatic N) is 2. The Morgan fingerprint density at radius 3 is 2.95 bits per heavy atom. The first-order valence-electron chi connectivity index (χ1n) is 7.43. The van der Waals surface area contributed by atoms with E-state index in [1.807, 2.05) is 0 Å². The van der Waals surface area contributed by atoms with E-state index in [1.165, 1.54) is 0 Å². The highest BCUT2D eigenvalue weighted by atomic mass is 16.5. The quantitative estimate of drug-likeness (QED) is 0.862. The summed E-state index contributed by atoms with van der Waals surface area (Å²) in [5, 5.41) is 10.0. The maximum Gasteiger partial charge on any atom is 0.292 e. The van der Waals surface area contributed by atoms with Gasteiger partial charge in [0.05, 0.1) is 12.1 Å². The Bertz CT molecular complexity index is 522. The SMILES string of the molecule is COC1CC(NC(=O)c2noc(C3CCCN3)n2)C1(C)C. The monoisotopic (exact) mass is 294 g/mol. The molecular weight excluding hydrogens is 272 g/mol. The summed E-state index contributed by atoms with van der Waals surface area (Å²) in [4.78, 5) is 16.4. The number of carbonyl (C=O) groups is 1. The van der Waals surface area contributed by atoms with Crippen LogP contribution in [-0.4, -0.2) is 41.8 Å². The van der Waals surface area contributed by atoms with Crippen molar-refractivity contribution in [2.24, 2.45) is 5.41 Å². The van der Waals surface area contributed by atoms with Gasteiger partial charge in [-0.25, -0.2) is 0 Å². The lowest BCUT2D eigenvalue weighted by Gasteiger charge is -2.51. The molecule has 1 aromatic heterocycles. The summed E-state index contributed by atoms with van der Waals surface area (Å²) in [6, 6.07) is 0.151. The van der Waals surface area contributed by atoms with Gasteiger partial charge in [0, 0.05) is 18.6 Å². The van der Waals surface area contributed by atoms with E-state index in [-0.39, 0.29) is 35.3 Å². The zero-order valence-corrected chi connectivity index (χ0v) is 12.7. The number of hydrogen-bond donors (Lipinski definition) is 2. The number of methoxy groups -OCH3 is 1. The fourth-order valence-electron chi connectivity index (χ4n) is 3.12. The molecule has 7 heteroatoms. The average Bonchev–Trinajstić information content (AvgIpc) is 3.11. The number of aromatic nitrogens is 2. The van der Waals surface area contributed by atoms with Crippen LogP contribution in [0.2, 0.25) is 0 Å². The molecule has 7 nitrogen and oxygen atoms in total. The molecule has 1 saturated heterocycles. The Kier molecular flexibility index (Phi) is 3.71. The van der Waals surface area contributed by atoms with Crippen LogP contribution in [0.4, 0.5) is 0 Å². The molecule has 1 amide bonds. The van der Waals surface area contributed by atoms with Gasteiger partial charge in [-0.05, 0) is 25.8 Å². The molecule has 21 heavy (non-hydrogen) atoms. The minimum Gasteiger partial charge on any atom is -0.381 e. The molecule has 3 atom stereocenters. The number of rotatable bonds is 4. The lowest BCUT2D eigenvalue weighted by Crippen LogP contribution is -2.61. The number of nitrogens with one attached hydrogen (secondary N) is 2. The number of ether oxygens (including phenoxy) is 1. The second-order valence-electron chi connectivity index (χ2n) is 6.41. The first-order chi connectivity index (χ1) is 10.0. The Balaban J connectivity index is 1.61. The molecular formula is C14H22N4O3. The van der Waals surface area contributed by atoms with Crippen LogP contribution in [0.25, 0.3) is 0 Å². The average molecular weight is 294 g/mol. The van der Waals surface area contributed by atoms with Crippen molar-refractivity contribution in [1.82, 2.24) is 20.8 Å². The molecule has 2 N–H and O–H groups in total. The van der Waals surface area contributed by atoms with Gasteiger partial charge in [-0.1, -0.05) is 19.0 Å². The van der Waals surface area contributed by atoms with Crippen molar-refractivity contribution in [2.75, 3.05) is 13.7 Å². The second-order valence-corrected chi connectivity index (χ2v) is 6.41. The second kappa shape index (κ2) is 5.38. The Labute approximate surface area is 123 Å². The largest absolute Gasteiger partial charge is 0.381 e. The van der Waals surface area contributed by atoms with Crippen LogP contribution in [-0.2, 0) is 4.74 Å². The van der Waals surface area contributed by atoms with E-state index in [4.69, 9.17) is 9.26 Å². The van der Waals surface area contributed by atoms with E-state index in [1.54, 1.807) is 7.11 Å². The molecule has 2 heterocycles. The number of hydrogen-bond acceptors (Lipinski definition) is 6. The van der Waals surface area contributed by atoms with Crippen molar-refractivity contribution in [1.29, 1.82) is 0 Å². The molecule has 1 aliphatic carbocycles. The first kappa shape index (κ1) is 14.5. The highest BCUT2D eigenvalue weighted by Gasteiger charge is 2.49. The predicted octanol–water partition coefficient (Wildman–Crippen LogP) is 1.04. The lowest BCUT2D eigenvalue weighted by atomic mass is 9.64. The molecule has 1 aromatic rings. The van der Waals surface area contributed by atoms with Crippen LogP contribution in [0.5, 0.6) is 0 Å². The van der Waals surface area contributed by atoms with E-state index in [2.05, 4.69) is 34.6 Å². The molecule has 0 bridgehead atoms. The topological polar surface area (TPSA) is 89.3 Å². The Morgan fingerprint density at radius 2 is 2.33 bits per heavy atom. The molecule has 1 saturated carbocycles. The summed E-state index contributed by atoms with van der Waals surface area (Å²) < 4.78 is 10.6. The highest BCUT2D eigenvalue weighted by molar-refractivity contribution is 5.90. The summed E-state index contributed by atoms with van der Waals surface area (Å²) in [7, 11) is 1.70. The summed E-state index contributed by atoms with van der Waals surface area (Å²) in [6.45, 7) is 5.11. The van der Waals surface area contributed by atoms with Crippen LogP contribution in [0.3, 0.4) is 0 Å².